The maximum absolute atomic E-state index is 5.72. The third-order valence-electron chi connectivity index (χ3n) is 2.05. The molecule has 0 aliphatic rings. The Hall–Kier alpha value is -1.02. The molecule has 0 aliphatic carbocycles. The van der Waals surface area contributed by atoms with Crippen molar-refractivity contribution in [1.29, 1.82) is 0 Å². The molecule has 0 unspecified atom stereocenters. The minimum absolute atomic E-state index is 0.526. The fourth-order valence-corrected chi connectivity index (χ4v) is 1.17. The van der Waals surface area contributed by atoms with Gasteiger partial charge < -0.3 is 11.1 Å². The molecule has 1 rings (SSSR count). The average Bonchev–Trinajstić information content (AvgIpc) is 2.07. The van der Waals surface area contributed by atoms with Crippen molar-refractivity contribution in [3.05, 3.63) is 29.3 Å². The lowest BCUT2D eigenvalue weighted by atomic mass is 10.1. The van der Waals surface area contributed by atoms with Crippen LogP contribution in [-0.2, 0) is 6.54 Å². The van der Waals surface area contributed by atoms with Crippen molar-refractivity contribution in [2.24, 2.45) is 0 Å². The van der Waals surface area contributed by atoms with Crippen LogP contribution in [0, 0.1) is 6.92 Å². The van der Waals surface area contributed by atoms with Crippen LogP contribution in [-0.4, -0.2) is 6.04 Å². The van der Waals surface area contributed by atoms with Gasteiger partial charge >= 0.3 is 0 Å². The predicted octanol–water partition coefficient (Wildman–Crippen LogP) is 2.08. The SMILES string of the molecule is Cc1cc(CNC(C)C)ccc1N. The van der Waals surface area contributed by atoms with E-state index in [1.807, 2.05) is 13.0 Å². The quantitative estimate of drug-likeness (QED) is 0.695. The molecular formula is C11H18N2. The first-order valence-corrected chi connectivity index (χ1v) is 4.68. The largest absolute Gasteiger partial charge is 0.399 e. The molecule has 2 nitrogen and oxygen atoms in total. The Morgan fingerprint density at radius 1 is 1.38 bits per heavy atom. The predicted molar refractivity (Wildman–Crippen MR) is 57.6 cm³/mol. The number of rotatable bonds is 3. The average molecular weight is 178 g/mol. The molecule has 0 atom stereocenters. The number of nitrogen functional groups attached to an aromatic ring is 1. The van der Waals surface area contributed by atoms with Gasteiger partial charge in [0.2, 0.25) is 0 Å². The number of aryl methyl sites for hydroxylation is 1. The first-order chi connectivity index (χ1) is 6.09. The second-order valence-corrected chi connectivity index (χ2v) is 3.73. The summed E-state index contributed by atoms with van der Waals surface area (Å²) in [7, 11) is 0. The van der Waals surface area contributed by atoms with E-state index in [1.54, 1.807) is 0 Å². The molecule has 0 aromatic heterocycles. The van der Waals surface area contributed by atoms with Gasteiger partial charge in [-0.2, -0.15) is 0 Å². The molecule has 0 heterocycles. The zero-order chi connectivity index (χ0) is 9.84. The van der Waals surface area contributed by atoms with Crippen molar-refractivity contribution >= 4 is 5.69 Å². The van der Waals surface area contributed by atoms with Crippen LogP contribution in [0.3, 0.4) is 0 Å². The van der Waals surface area contributed by atoms with Crippen molar-refractivity contribution in [2.75, 3.05) is 5.73 Å². The Morgan fingerprint density at radius 2 is 2.08 bits per heavy atom. The Labute approximate surface area is 80.1 Å². The van der Waals surface area contributed by atoms with E-state index < -0.39 is 0 Å². The molecule has 13 heavy (non-hydrogen) atoms. The maximum Gasteiger partial charge on any atom is 0.0343 e. The van der Waals surface area contributed by atoms with Crippen LogP contribution in [0.1, 0.15) is 25.0 Å². The van der Waals surface area contributed by atoms with E-state index in [2.05, 4.69) is 31.3 Å². The fourth-order valence-electron chi connectivity index (χ4n) is 1.17. The molecule has 2 heteroatoms. The van der Waals surface area contributed by atoms with Gasteiger partial charge in [-0.15, -0.1) is 0 Å². The summed E-state index contributed by atoms with van der Waals surface area (Å²) in [6, 6.07) is 6.69. The summed E-state index contributed by atoms with van der Waals surface area (Å²) in [6.45, 7) is 7.24. The molecule has 0 saturated carbocycles. The molecule has 0 fully saturated rings. The third-order valence-corrected chi connectivity index (χ3v) is 2.05. The normalized spacial score (nSPS) is 10.8. The Morgan fingerprint density at radius 3 is 2.62 bits per heavy atom. The topological polar surface area (TPSA) is 38.0 Å². The lowest BCUT2D eigenvalue weighted by Crippen LogP contribution is -2.21. The van der Waals surface area contributed by atoms with Crippen LogP contribution < -0.4 is 11.1 Å². The lowest BCUT2D eigenvalue weighted by Gasteiger charge is -2.09. The van der Waals surface area contributed by atoms with Gasteiger partial charge in [0.15, 0.2) is 0 Å². The first-order valence-electron chi connectivity index (χ1n) is 4.68. The van der Waals surface area contributed by atoms with E-state index in [4.69, 9.17) is 5.73 Å². The van der Waals surface area contributed by atoms with Gasteiger partial charge in [-0.3, -0.25) is 0 Å². The number of anilines is 1. The van der Waals surface area contributed by atoms with Crippen LogP contribution >= 0.6 is 0 Å². The number of hydrogen-bond donors (Lipinski definition) is 2. The van der Waals surface area contributed by atoms with E-state index >= 15 is 0 Å². The molecule has 0 saturated heterocycles. The molecule has 0 amide bonds. The van der Waals surface area contributed by atoms with Gasteiger partial charge in [0.25, 0.3) is 0 Å². The Kier molecular flexibility index (Phi) is 3.32. The minimum Gasteiger partial charge on any atom is -0.399 e. The molecule has 0 bridgehead atoms. The number of nitrogens with two attached hydrogens (primary N) is 1. The van der Waals surface area contributed by atoms with Gasteiger partial charge in [0.05, 0.1) is 0 Å². The molecule has 0 radical (unpaired) electrons. The zero-order valence-corrected chi connectivity index (χ0v) is 8.59. The number of nitrogens with one attached hydrogen (secondary N) is 1. The van der Waals surface area contributed by atoms with Gasteiger partial charge in [-0.25, -0.2) is 0 Å². The summed E-state index contributed by atoms with van der Waals surface area (Å²) in [5.74, 6) is 0. The summed E-state index contributed by atoms with van der Waals surface area (Å²) in [4.78, 5) is 0. The summed E-state index contributed by atoms with van der Waals surface area (Å²) in [6.07, 6.45) is 0. The van der Waals surface area contributed by atoms with Crippen LogP contribution in [0.5, 0.6) is 0 Å². The maximum atomic E-state index is 5.72. The van der Waals surface area contributed by atoms with Crippen molar-refractivity contribution in [3.63, 3.8) is 0 Å². The number of benzene rings is 1. The minimum atomic E-state index is 0.526. The van der Waals surface area contributed by atoms with Crippen molar-refractivity contribution in [2.45, 2.75) is 33.4 Å². The molecular weight excluding hydrogens is 160 g/mol. The second-order valence-electron chi connectivity index (χ2n) is 3.73. The Balaban J connectivity index is 2.63. The smallest absolute Gasteiger partial charge is 0.0343 e. The first kappa shape index (κ1) is 10.1. The van der Waals surface area contributed by atoms with E-state index in [9.17, 15) is 0 Å². The highest BCUT2D eigenvalue weighted by Crippen LogP contribution is 2.12. The standard InChI is InChI=1S/C11H18N2/c1-8(2)13-7-10-4-5-11(12)9(3)6-10/h4-6,8,13H,7,12H2,1-3H3. The molecule has 0 spiro atoms. The van der Waals surface area contributed by atoms with Gasteiger partial charge in [-0.05, 0) is 24.1 Å². The van der Waals surface area contributed by atoms with Gasteiger partial charge in [0.1, 0.15) is 0 Å². The fraction of sp³-hybridized carbons (Fsp3) is 0.455. The lowest BCUT2D eigenvalue weighted by molar-refractivity contribution is 0.589. The van der Waals surface area contributed by atoms with E-state index in [0.29, 0.717) is 6.04 Å². The van der Waals surface area contributed by atoms with Crippen LogP contribution in [0.25, 0.3) is 0 Å². The Bertz CT molecular complexity index is 279. The van der Waals surface area contributed by atoms with Gasteiger partial charge in [-0.1, -0.05) is 26.0 Å². The van der Waals surface area contributed by atoms with Crippen molar-refractivity contribution in [3.8, 4) is 0 Å². The summed E-state index contributed by atoms with van der Waals surface area (Å²) < 4.78 is 0. The van der Waals surface area contributed by atoms with Crippen molar-refractivity contribution in [1.82, 2.24) is 5.32 Å². The van der Waals surface area contributed by atoms with Crippen LogP contribution in [0.2, 0.25) is 0 Å². The monoisotopic (exact) mass is 178 g/mol. The highest BCUT2D eigenvalue weighted by molar-refractivity contribution is 5.47. The third kappa shape index (κ3) is 3.07. The van der Waals surface area contributed by atoms with Crippen LogP contribution in [0.4, 0.5) is 5.69 Å². The molecule has 3 N–H and O–H groups in total. The highest BCUT2D eigenvalue weighted by Gasteiger charge is 1.97. The second kappa shape index (κ2) is 4.28. The molecule has 1 aromatic rings. The summed E-state index contributed by atoms with van der Waals surface area (Å²) in [5, 5.41) is 3.37. The summed E-state index contributed by atoms with van der Waals surface area (Å²) in [5.41, 5.74) is 9.04. The molecule has 72 valence electrons. The molecule has 1 aromatic carbocycles. The van der Waals surface area contributed by atoms with Crippen LogP contribution in [0.15, 0.2) is 18.2 Å². The van der Waals surface area contributed by atoms with E-state index in [-0.39, 0.29) is 0 Å². The van der Waals surface area contributed by atoms with E-state index in [0.717, 1.165) is 17.8 Å². The molecule has 0 aliphatic heterocycles. The summed E-state index contributed by atoms with van der Waals surface area (Å²) >= 11 is 0. The van der Waals surface area contributed by atoms with Gasteiger partial charge in [0, 0.05) is 18.3 Å². The van der Waals surface area contributed by atoms with E-state index in [1.165, 1.54) is 5.56 Å². The zero-order valence-electron chi connectivity index (χ0n) is 8.59. The number of hydrogen-bond acceptors (Lipinski definition) is 2. The van der Waals surface area contributed by atoms with Crippen molar-refractivity contribution < 1.29 is 0 Å². The highest BCUT2D eigenvalue weighted by atomic mass is 14.9.